The van der Waals surface area contributed by atoms with E-state index >= 15 is 0 Å². The molecule has 0 fully saturated rings. The number of hydrogen-bond acceptors (Lipinski definition) is 3. The molecule has 0 saturated carbocycles. The maximum atomic E-state index is 5.76. The molecule has 0 aliphatic carbocycles. The quantitative estimate of drug-likeness (QED) is 0.832. The molecule has 0 amide bonds. The van der Waals surface area contributed by atoms with Gasteiger partial charge in [0, 0.05) is 13.7 Å². The summed E-state index contributed by atoms with van der Waals surface area (Å²) in [7, 11) is 1.68. The van der Waals surface area contributed by atoms with E-state index in [-0.39, 0.29) is 0 Å². The van der Waals surface area contributed by atoms with Crippen LogP contribution >= 0.6 is 0 Å². The molecule has 0 aliphatic heterocycles. The molecule has 2 N–H and O–H groups in total. The Balaban J connectivity index is 3.07. The largest absolute Gasteiger partial charge is 0.494 e. The molecule has 0 aromatic heterocycles. The van der Waals surface area contributed by atoms with Gasteiger partial charge in [-0.1, -0.05) is 6.07 Å². The summed E-state index contributed by atoms with van der Waals surface area (Å²) < 4.78 is 10.9. The van der Waals surface area contributed by atoms with E-state index in [1.165, 1.54) is 0 Å². The number of hydrogen-bond donors (Lipinski definition) is 1. The topological polar surface area (TPSA) is 44.5 Å². The molecule has 1 rings (SSSR count). The Hall–Kier alpha value is -1.06. The van der Waals surface area contributed by atoms with Crippen LogP contribution in [0.3, 0.4) is 0 Å². The fraction of sp³-hybridized carbons (Fsp3) is 0.538. The highest BCUT2D eigenvalue weighted by Crippen LogP contribution is 2.29. The SMILES string of the molecule is CCOc1ccc(C(C)(CN)OC)c(C)c1. The van der Waals surface area contributed by atoms with Crippen LogP contribution in [0.2, 0.25) is 0 Å². The van der Waals surface area contributed by atoms with Gasteiger partial charge in [0.05, 0.1) is 6.61 Å². The molecular formula is C13H21NO2. The monoisotopic (exact) mass is 223 g/mol. The van der Waals surface area contributed by atoms with Gasteiger partial charge in [-0.05, 0) is 44.0 Å². The van der Waals surface area contributed by atoms with Gasteiger partial charge < -0.3 is 15.2 Å². The molecule has 1 atom stereocenters. The summed E-state index contributed by atoms with van der Waals surface area (Å²) in [4.78, 5) is 0. The fourth-order valence-electron chi connectivity index (χ4n) is 1.79. The lowest BCUT2D eigenvalue weighted by atomic mass is 9.91. The van der Waals surface area contributed by atoms with Crippen molar-refractivity contribution in [3.8, 4) is 5.75 Å². The maximum Gasteiger partial charge on any atom is 0.119 e. The molecule has 0 heterocycles. The molecule has 1 aromatic rings. The summed E-state index contributed by atoms with van der Waals surface area (Å²) in [5.74, 6) is 0.888. The fourth-order valence-corrected chi connectivity index (χ4v) is 1.79. The Morgan fingerprint density at radius 2 is 2.06 bits per heavy atom. The average Bonchev–Trinajstić information content (AvgIpc) is 2.29. The third kappa shape index (κ3) is 2.54. The Morgan fingerprint density at radius 3 is 2.50 bits per heavy atom. The number of rotatable bonds is 5. The average molecular weight is 223 g/mol. The molecule has 16 heavy (non-hydrogen) atoms. The lowest BCUT2D eigenvalue weighted by molar-refractivity contribution is 0.00953. The van der Waals surface area contributed by atoms with Gasteiger partial charge in [-0.2, -0.15) is 0 Å². The zero-order valence-corrected chi connectivity index (χ0v) is 10.5. The number of nitrogens with two attached hydrogens (primary N) is 1. The van der Waals surface area contributed by atoms with E-state index in [2.05, 4.69) is 0 Å². The van der Waals surface area contributed by atoms with Crippen LogP contribution < -0.4 is 10.5 Å². The third-order valence-corrected chi connectivity index (χ3v) is 2.92. The minimum atomic E-state index is -0.422. The molecule has 0 bridgehead atoms. The van der Waals surface area contributed by atoms with Crippen molar-refractivity contribution in [1.29, 1.82) is 0 Å². The normalized spacial score (nSPS) is 14.6. The lowest BCUT2D eigenvalue weighted by Crippen LogP contribution is -2.34. The second-order valence-electron chi connectivity index (χ2n) is 4.05. The highest BCUT2D eigenvalue weighted by Gasteiger charge is 2.26. The van der Waals surface area contributed by atoms with Crippen molar-refractivity contribution in [2.75, 3.05) is 20.3 Å². The second kappa shape index (κ2) is 5.32. The predicted octanol–water partition coefficient (Wildman–Crippen LogP) is 2.21. The van der Waals surface area contributed by atoms with Crippen LogP contribution in [0, 0.1) is 6.92 Å². The molecule has 0 radical (unpaired) electrons. The van der Waals surface area contributed by atoms with Crippen LogP contribution in [0.1, 0.15) is 25.0 Å². The Bertz CT molecular complexity index is 346. The molecule has 3 nitrogen and oxygen atoms in total. The van der Waals surface area contributed by atoms with Crippen LogP contribution in [0.15, 0.2) is 18.2 Å². The molecule has 90 valence electrons. The highest BCUT2D eigenvalue weighted by atomic mass is 16.5. The summed E-state index contributed by atoms with van der Waals surface area (Å²) in [5, 5.41) is 0. The summed E-state index contributed by atoms with van der Waals surface area (Å²) in [6, 6.07) is 6.00. The van der Waals surface area contributed by atoms with Crippen molar-refractivity contribution in [1.82, 2.24) is 0 Å². The summed E-state index contributed by atoms with van der Waals surface area (Å²) in [5.41, 5.74) is 7.59. The first-order chi connectivity index (χ1) is 7.57. The zero-order valence-electron chi connectivity index (χ0n) is 10.5. The number of methoxy groups -OCH3 is 1. The second-order valence-corrected chi connectivity index (χ2v) is 4.05. The Labute approximate surface area is 97.6 Å². The van der Waals surface area contributed by atoms with Crippen molar-refractivity contribution in [2.24, 2.45) is 5.73 Å². The minimum absolute atomic E-state index is 0.422. The standard InChI is InChI=1S/C13H21NO2/c1-5-16-11-6-7-12(10(2)8-11)13(3,9-14)15-4/h6-8H,5,9,14H2,1-4H3. The van der Waals surface area contributed by atoms with Gasteiger partial charge in [-0.25, -0.2) is 0 Å². The van der Waals surface area contributed by atoms with Gasteiger partial charge in [-0.15, -0.1) is 0 Å². The van der Waals surface area contributed by atoms with Gasteiger partial charge in [0.2, 0.25) is 0 Å². The van der Waals surface area contributed by atoms with Crippen LogP contribution in [0.4, 0.5) is 0 Å². The summed E-state index contributed by atoms with van der Waals surface area (Å²) in [6.07, 6.45) is 0. The third-order valence-electron chi connectivity index (χ3n) is 2.92. The van der Waals surface area contributed by atoms with E-state index in [1.54, 1.807) is 7.11 Å². The van der Waals surface area contributed by atoms with Crippen LogP contribution in [0.25, 0.3) is 0 Å². The van der Waals surface area contributed by atoms with Crippen molar-refractivity contribution in [3.05, 3.63) is 29.3 Å². The Kier molecular flexibility index (Phi) is 4.33. The van der Waals surface area contributed by atoms with Gasteiger partial charge in [0.25, 0.3) is 0 Å². The van der Waals surface area contributed by atoms with E-state index in [0.717, 1.165) is 16.9 Å². The smallest absolute Gasteiger partial charge is 0.119 e. The molecule has 1 unspecified atom stereocenters. The Morgan fingerprint density at radius 1 is 1.38 bits per heavy atom. The van der Waals surface area contributed by atoms with Gasteiger partial charge in [0.15, 0.2) is 0 Å². The van der Waals surface area contributed by atoms with Gasteiger partial charge in [0.1, 0.15) is 11.4 Å². The number of aryl methyl sites for hydroxylation is 1. The van der Waals surface area contributed by atoms with Crippen molar-refractivity contribution < 1.29 is 9.47 Å². The van der Waals surface area contributed by atoms with Crippen LogP contribution in [-0.2, 0) is 10.3 Å². The first-order valence-electron chi connectivity index (χ1n) is 5.56. The first kappa shape index (κ1) is 13.0. The van der Waals surface area contributed by atoms with E-state index in [9.17, 15) is 0 Å². The predicted molar refractivity (Wildman–Crippen MR) is 65.8 cm³/mol. The molecule has 3 heteroatoms. The summed E-state index contributed by atoms with van der Waals surface area (Å²) >= 11 is 0. The molecule has 0 aliphatic rings. The van der Waals surface area contributed by atoms with E-state index in [1.807, 2.05) is 39.0 Å². The number of benzene rings is 1. The van der Waals surface area contributed by atoms with E-state index < -0.39 is 5.60 Å². The van der Waals surface area contributed by atoms with E-state index in [0.29, 0.717) is 13.2 Å². The van der Waals surface area contributed by atoms with Crippen LogP contribution in [0.5, 0.6) is 5.75 Å². The minimum Gasteiger partial charge on any atom is -0.494 e. The molecular weight excluding hydrogens is 202 g/mol. The van der Waals surface area contributed by atoms with Crippen molar-refractivity contribution in [2.45, 2.75) is 26.4 Å². The highest BCUT2D eigenvalue weighted by molar-refractivity contribution is 5.38. The van der Waals surface area contributed by atoms with Gasteiger partial charge in [-0.3, -0.25) is 0 Å². The number of ether oxygens (including phenoxy) is 2. The first-order valence-corrected chi connectivity index (χ1v) is 5.56. The lowest BCUT2D eigenvalue weighted by Gasteiger charge is -2.28. The van der Waals surface area contributed by atoms with E-state index in [4.69, 9.17) is 15.2 Å². The molecule has 0 saturated heterocycles. The zero-order chi connectivity index (χ0) is 12.2. The van der Waals surface area contributed by atoms with Crippen LogP contribution in [-0.4, -0.2) is 20.3 Å². The van der Waals surface area contributed by atoms with Gasteiger partial charge >= 0.3 is 0 Å². The molecule has 1 aromatic carbocycles. The van der Waals surface area contributed by atoms with Crippen molar-refractivity contribution in [3.63, 3.8) is 0 Å². The maximum absolute atomic E-state index is 5.76. The summed E-state index contributed by atoms with van der Waals surface area (Å²) in [6.45, 7) is 7.15. The van der Waals surface area contributed by atoms with Crippen molar-refractivity contribution >= 4 is 0 Å². The molecule has 0 spiro atoms.